The van der Waals surface area contributed by atoms with Gasteiger partial charge in [-0.2, -0.15) is 0 Å². The molecule has 8 atom stereocenters. The SMILES string of the molecule is CC[C@H](C)[C@H](NC(=O)C(C)(C)[N+](C)(C)Cc1ccc(NC(=O)[C@H](C)NC(=O)[C@H](C)N)cc1)C(=O)N(C)[C@H](C[C@@H](OC(C)=O)c1nc(C(=O)N[C@@H](Cc2ccccc2)C[C@H](C)C(=O)O)cs1)C(C)C. The first-order chi connectivity index (χ1) is 31.7. The van der Waals surface area contributed by atoms with E-state index >= 15 is 0 Å². The standard InChI is InChI=1S/C50H74N8O9S/c1-14-30(4)42(56-49(66)50(9,10)58(12,13)27-36-20-22-37(23-21-36)53-44(61)33(7)52-43(60)32(6)51)47(63)57(11)40(29(2)3)26-41(67-34(8)59)46-55-39(28-68-46)45(62)54-38(24-31(5)48(64)65)25-35-18-16-15-17-19-35/h15-23,28-33,38,40-42H,14,24-27,51H2,1-13H3,(H4-,52,53,54,56,60,61,62,64,65,66)/p+1/t30-,31-,32-,33-,38+,40+,41+,42-/m0/s1. The van der Waals surface area contributed by atoms with Crippen molar-refractivity contribution < 1.29 is 47.9 Å². The van der Waals surface area contributed by atoms with Crippen LogP contribution in [0.15, 0.2) is 60.0 Å². The zero-order valence-corrected chi connectivity index (χ0v) is 42.9. The lowest BCUT2D eigenvalue weighted by Gasteiger charge is -2.44. The second-order valence-electron chi connectivity index (χ2n) is 19.4. The fraction of sp³-hybridized carbons (Fsp3) is 0.560. The molecular formula is C50H75N8O9S+. The van der Waals surface area contributed by atoms with Gasteiger partial charge in [0.2, 0.25) is 17.7 Å². The van der Waals surface area contributed by atoms with Gasteiger partial charge in [-0.1, -0.05) is 83.5 Å². The molecule has 2 aromatic carbocycles. The summed E-state index contributed by atoms with van der Waals surface area (Å²) in [5, 5.41) is 23.0. The minimum atomic E-state index is -1.03. The number of rotatable bonds is 25. The molecule has 0 bridgehead atoms. The minimum absolute atomic E-state index is 0.0919. The monoisotopic (exact) mass is 964 g/mol. The van der Waals surface area contributed by atoms with E-state index in [9.17, 15) is 38.7 Å². The molecule has 0 unspecified atom stereocenters. The van der Waals surface area contributed by atoms with Crippen LogP contribution < -0.4 is 27.0 Å². The molecule has 68 heavy (non-hydrogen) atoms. The Balaban J connectivity index is 1.79. The van der Waals surface area contributed by atoms with Crippen LogP contribution >= 0.6 is 11.3 Å². The average Bonchev–Trinajstić information content (AvgIpc) is 3.77. The van der Waals surface area contributed by atoms with Crippen LogP contribution in [0.5, 0.6) is 0 Å². The average molecular weight is 964 g/mol. The highest BCUT2D eigenvalue weighted by Crippen LogP contribution is 2.32. The molecule has 7 N–H and O–H groups in total. The van der Waals surface area contributed by atoms with Crippen molar-refractivity contribution >= 4 is 58.5 Å². The Morgan fingerprint density at radius 3 is 2.03 bits per heavy atom. The quantitative estimate of drug-likeness (QED) is 0.0461. The lowest BCUT2D eigenvalue weighted by Crippen LogP contribution is -2.66. The van der Waals surface area contributed by atoms with E-state index in [0.717, 1.165) is 22.5 Å². The number of amides is 5. The highest BCUT2D eigenvalue weighted by Gasteiger charge is 2.46. The molecule has 0 aliphatic rings. The number of carboxylic acids is 1. The smallest absolute Gasteiger partial charge is 0.306 e. The van der Waals surface area contributed by atoms with Gasteiger partial charge in [-0.05, 0) is 70.1 Å². The molecule has 5 amide bonds. The summed E-state index contributed by atoms with van der Waals surface area (Å²) in [6.07, 6.45) is 0.452. The topological polar surface area (TPSA) is 239 Å². The highest BCUT2D eigenvalue weighted by atomic mass is 32.1. The number of quaternary nitrogens is 1. The number of nitrogens with one attached hydrogen (secondary N) is 4. The Labute approximate surface area is 405 Å². The molecule has 0 spiro atoms. The van der Waals surface area contributed by atoms with E-state index in [0.29, 0.717) is 30.1 Å². The van der Waals surface area contributed by atoms with Crippen LogP contribution in [0.1, 0.15) is 121 Å². The van der Waals surface area contributed by atoms with Crippen LogP contribution in [0.3, 0.4) is 0 Å². The summed E-state index contributed by atoms with van der Waals surface area (Å²) in [4.78, 5) is 97.8. The fourth-order valence-corrected chi connectivity index (χ4v) is 8.42. The van der Waals surface area contributed by atoms with Crippen molar-refractivity contribution in [3.8, 4) is 0 Å². The number of anilines is 1. The Bertz CT molecular complexity index is 2190. The summed E-state index contributed by atoms with van der Waals surface area (Å²) in [5.74, 6) is -4.58. The third-order valence-corrected chi connectivity index (χ3v) is 13.9. The summed E-state index contributed by atoms with van der Waals surface area (Å²) in [7, 11) is 5.55. The van der Waals surface area contributed by atoms with Crippen molar-refractivity contribution in [2.75, 3.05) is 26.5 Å². The van der Waals surface area contributed by atoms with Gasteiger partial charge >= 0.3 is 11.9 Å². The van der Waals surface area contributed by atoms with Crippen LogP contribution in [-0.4, -0.2) is 118 Å². The van der Waals surface area contributed by atoms with Crippen LogP contribution in [0.25, 0.3) is 0 Å². The molecule has 374 valence electrons. The zero-order valence-electron chi connectivity index (χ0n) is 42.0. The molecule has 18 heteroatoms. The number of likely N-dealkylation sites (N-methyl/N-ethyl adjacent to an activating group) is 2. The van der Waals surface area contributed by atoms with E-state index in [1.165, 1.54) is 13.8 Å². The number of carboxylic acid groups (broad SMARTS) is 1. The predicted molar refractivity (Wildman–Crippen MR) is 263 cm³/mol. The summed E-state index contributed by atoms with van der Waals surface area (Å²) < 4.78 is 6.03. The van der Waals surface area contributed by atoms with Crippen LogP contribution in [0.4, 0.5) is 5.69 Å². The molecule has 0 radical (unpaired) electrons. The van der Waals surface area contributed by atoms with Gasteiger partial charge in [0.15, 0.2) is 11.6 Å². The number of hydrogen-bond donors (Lipinski definition) is 6. The van der Waals surface area contributed by atoms with Gasteiger partial charge in [0, 0.05) is 49.1 Å². The number of ether oxygens (including phenoxy) is 1. The molecule has 1 heterocycles. The van der Waals surface area contributed by atoms with Crippen molar-refractivity contribution in [1.82, 2.24) is 25.8 Å². The zero-order chi connectivity index (χ0) is 51.3. The molecule has 0 aliphatic carbocycles. The van der Waals surface area contributed by atoms with Gasteiger partial charge in [0.25, 0.3) is 11.8 Å². The van der Waals surface area contributed by atoms with E-state index < -0.39 is 77.4 Å². The van der Waals surface area contributed by atoms with Gasteiger partial charge in [0.05, 0.1) is 26.1 Å². The van der Waals surface area contributed by atoms with Crippen molar-refractivity contribution in [1.29, 1.82) is 0 Å². The number of nitrogens with two attached hydrogens (primary N) is 1. The summed E-state index contributed by atoms with van der Waals surface area (Å²) in [6, 6.07) is 13.3. The summed E-state index contributed by atoms with van der Waals surface area (Å²) >= 11 is 1.15. The number of benzene rings is 2. The Hall–Kier alpha value is -5.72. The highest BCUT2D eigenvalue weighted by molar-refractivity contribution is 7.09. The number of esters is 1. The number of carbonyl (C=O) groups excluding carboxylic acids is 6. The van der Waals surface area contributed by atoms with Crippen LogP contribution in [-0.2, 0) is 46.5 Å². The van der Waals surface area contributed by atoms with Gasteiger partial charge in [-0.3, -0.25) is 33.6 Å². The third-order valence-electron chi connectivity index (χ3n) is 12.9. The van der Waals surface area contributed by atoms with E-state index in [1.807, 2.05) is 98.1 Å². The lowest BCUT2D eigenvalue weighted by atomic mass is 9.91. The summed E-state index contributed by atoms with van der Waals surface area (Å²) in [5.41, 5.74) is 7.04. The number of carbonyl (C=O) groups is 7. The van der Waals surface area contributed by atoms with Crippen LogP contribution in [0, 0.1) is 17.8 Å². The van der Waals surface area contributed by atoms with E-state index in [2.05, 4.69) is 26.3 Å². The van der Waals surface area contributed by atoms with Crippen molar-refractivity contribution in [3.05, 3.63) is 81.8 Å². The lowest BCUT2D eigenvalue weighted by molar-refractivity contribution is -0.940. The van der Waals surface area contributed by atoms with Gasteiger partial charge in [-0.25, -0.2) is 4.98 Å². The molecule has 0 aliphatic heterocycles. The number of hydrogen-bond acceptors (Lipinski definition) is 11. The first-order valence-electron chi connectivity index (χ1n) is 23.3. The fourth-order valence-electron chi connectivity index (χ4n) is 7.58. The maximum Gasteiger partial charge on any atom is 0.306 e. The molecule has 0 fully saturated rings. The number of nitrogens with zero attached hydrogens (tertiary/aromatic N) is 3. The van der Waals surface area contributed by atoms with Crippen LogP contribution in [0.2, 0.25) is 0 Å². The Morgan fingerprint density at radius 2 is 1.49 bits per heavy atom. The van der Waals surface area contributed by atoms with E-state index in [4.69, 9.17) is 10.5 Å². The minimum Gasteiger partial charge on any atom is -0.481 e. The van der Waals surface area contributed by atoms with Gasteiger partial charge in [-0.15, -0.1) is 11.3 Å². The number of aliphatic carboxylic acids is 1. The maximum absolute atomic E-state index is 14.7. The molecule has 3 rings (SSSR count). The van der Waals surface area contributed by atoms with Crippen molar-refractivity contribution in [2.24, 2.45) is 23.5 Å². The Morgan fingerprint density at radius 1 is 0.868 bits per heavy atom. The second-order valence-corrected chi connectivity index (χ2v) is 20.3. The number of aromatic nitrogens is 1. The summed E-state index contributed by atoms with van der Waals surface area (Å²) in [6.45, 7) is 17.9. The molecule has 3 aromatic rings. The van der Waals surface area contributed by atoms with Crippen molar-refractivity contribution in [3.63, 3.8) is 0 Å². The third kappa shape index (κ3) is 15.9. The molecule has 0 saturated carbocycles. The molecular weight excluding hydrogens is 889 g/mol. The van der Waals surface area contributed by atoms with E-state index in [1.54, 1.807) is 43.3 Å². The molecule has 1 aromatic heterocycles. The predicted octanol–water partition coefficient (Wildman–Crippen LogP) is 5.45. The van der Waals surface area contributed by atoms with Gasteiger partial charge < -0.3 is 46.2 Å². The molecule has 17 nitrogen and oxygen atoms in total. The second kappa shape index (κ2) is 25.1. The first kappa shape index (κ1) is 56.6. The normalized spacial score (nSPS) is 15.3. The maximum atomic E-state index is 14.7. The Kier molecular flexibility index (Phi) is 20.9. The van der Waals surface area contributed by atoms with E-state index in [-0.39, 0.29) is 46.7 Å². The van der Waals surface area contributed by atoms with Crippen molar-refractivity contribution in [2.45, 2.75) is 143 Å². The van der Waals surface area contributed by atoms with Gasteiger partial charge in [0.1, 0.15) is 29.3 Å². The number of thiazole rings is 1. The molecule has 0 saturated heterocycles. The first-order valence-corrected chi connectivity index (χ1v) is 24.1. The largest absolute Gasteiger partial charge is 0.481 e.